The summed E-state index contributed by atoms with van der Waals surface area (Å²) in [5, 5.41) is 0. The van der Waals surface area contributed by atoms with E-state index in [1.54, 1.807) is 0 Å². The fraction of sp³-hybridized carbons (Fsp3) is 0.417. The van der Waals surface area contributed by atoms with Crippen molar-refractivity contribution in [1.82, 2.24) is 0 Å². The van der Waals surface area contributed by atoms with Gasteiger partial charge in [-0.25, -0.2) is 4.39 Å². The van der Waals surface area contributed by atoms with Gasteiger partial charge in [0.05, 0.1) is 6.10 Å². The molecule has 1 heterocycles. The van der Waals surface area contributed by atoms with E-state index in [4.69, 9.17) is 4.74 Å². The molecule has 1 aliphatic heterocycles. The highest BCUT2D eigenvalue weighted by Crippen LogP contribution is 2.17. The summed E-state index contributed by atoms with van der Waals surface area (Å²) in [6.07, 6.45) is 2.45. The Labute approximate surface area is 88.1 Å². The van der Waals surface area contributed by atoms with Crippen molar-refractivity contribution in [3.05, 3.63) is 35.6 Å². The lowest BCUT2D eigenvalue weighted by Gasteiger charge is -2.07. The van der Waals surface area contributed by atoms with Crippen molar-refractivity contribution in [2.45, 2.75) is 25.4 Å². The molecule has 15 heavy (non-hydrogen) atoms. The highest BCUT2D eigenvalue weighted by Gasteiger charge is 2.19. The van der Waals surface area contributed by atoms with Crippen LogP contribution in [0, 0.1) is 5.82 Å². The molecule has 0 radical (unpaired) electrons. The van der Waals surface area contributed by atoms with E-state index >= 15 is 0 Å². The first kappa shape index (κ1) is 10.3. The molecular weight excluding hydrogens is 195 g/mol. The summed E-state index contributed by atoms with van der Waals surface area (Å²) >= 11 is 0. The number of ketones is 1. The third kappa shape index (κ3) is 2.63. The first-order chi connectivity index (χ1) is 7.25. The van der Waals surface area contributed by atoms with E-state index in [1.165, 1.54) is 24.3 Å². The maximum Gasteiger partial charge on any atom is 0.165 e. The minimum Gasteiger partial charge on any atom is -0.378 e. The largest absolute Gasteiger partial charge is 0.378 e. The third-order valence-corrected chi connectivity index (χ3v) is 2.60. The van der Waals surface area contributed by atoms with Gasteiger partial charge in [-0.05, 0) is 37.1 Å². The van der Waals surface area contributed by atoms with Gasteiger partial charge in [0.25, 0.3) is 0 Å². The average molecular weight is 208 g/mol. The molecule has 1 unspecified atom stereocenters. The standard InChI is InChI=1S/C12H13FO2/c13-10-5-3-9(4-6-10)12(14)8-11-2-1-7-15-11/h3-6,11H,1-2,7-8H2. The van der Waals surface area contributed by atoms with Crippen molar-refractivity contribution in [2.24, 2.45) is 0 Å². The molecule has 80 valence electrons. The number of halogens is 1. The summed E-state index contributed by atoms with van der Waals surface area (Å²) in [5.74, 6) is -0.287. The molecule has 3 heteroatoms. The van der Waals surface area contributed by atoms with E-state index in [-0.39, 0.29) is 17.7 Å². The van der Waals surface area contributed by atoms with Crippen LogP contribution in [0.25, 0.3) is 0 Å². The zero-order valence-corrected chi connectivity index (χ0v) is 8.41. The Balaban J connectivity index is 1.98. The maximum atomic E-state index is 12.6. The molecule has 1 atom stereocenters. The Kier molecular flexibility index (Phi) is 3.11. The van der Waals surface area contributed by atoms with E-state index in [0.29, 0.717) is 12.0 Å². The molecule has 0 saturated carbocycles. The number of Topliss-reactive ketones (excluding diaryl/α,β-unsaturated/α-hetero) is 1. The predicted molar refractivity (Wildman–Crippen MR) is 54.3 cm³/mol. The van der Waals surface area contributed by atoms with Crippen LogP contribution in [0.5, 0.6) is 0 Å². The molecule has 0 aliphatic carbocycles. The van der Waals surface area contributed by atoms with Crippen molar-refractivity contribution >= 4 is 5.78 Å². The monoisotopic (exact) mass is 208 g/mol. The van der Waals surface area contributed by atoms with E-state index in [2.05, 4.69) is 0 Å². The molecule has 1 saturated heterocycles. The first-order valence-electron chi connectivity index (χ1n) is 5.16. The van der Waals surface area contributed by atoms with Gasteiger partial charge in [-0.1, -0.05) is 0 Å². The Morgan fingerprint density at radius 2 is 2.13 bits per heavy atom. The van der Waals surface area contributed by atoms with Crippen LogP contribution >= 0.6 is 0 Å². The average Bonchev–Trinajstić information content (AvgIpc) is 2.71. The van der Waals surface area contributed by atoms with Gasteiger partial charge in [0.2, 0.25) is 0 Å². The van der Waals surface area contributed by atoms with Crippen molar-refractivity contribution in [3.63, 3.8) is 0 Å². The lowest BCUT2D eigenvalue weighted by Crippen LogP contribution is -2.12. The Morgan fingerprint density at radius 3 is 2.73 bits per heavy atom. The van der Waals surface area contributed by atoms with Crippen LogP contribution in [0.1, 0.15) is 29.6 Å². The van der Waals surface area contributed by atoms with E-state index in [9.17, 15) is 9.18 Å². The van der Waals surface area contributed by atoms with Crippen LogP contribution in [-0.2, 0) is 4.74 Å². The molecule has 1 aromatic carbocycles. The van der Waals surface area contributed by atoms with Crippen LogP contribution in [0.15, 0.2) is 24.3 Å². The molecule has 0 spiro atoms. The van der Waals surface area contributed by atoms with Gasteiger partial charge in [0.15, 0.2) is 5.78 Å². The quantitative estimate of drug-likeness (QED) is 0.713. The number of hydrogen-bond acceptors (Lipinski definition) is 2. The van der Waals surface area contributed by atoms with Crippen LogP contribution in [0.3, 0.4) is 0 Å². The zero-order chi connectivity index (χ0) is 10.7. The second kappa shape index (κ2) is 4.53. The van der Waals surface area contributed by atoms with Crippen LogP contribution < -0.4 is 0 Å². The zero-order valence-electron chi connectivity index (χ0n) is 8.41. The number of carbonyl (C=O) groups excluding carboxylic acids is 1. The normalized spacial score (nSPS) is 20.5. The summed E-state index contributed by atoms with van der Waals surface area (Å²) in [6, 6.07) is 5.66. The second-order valence-corrected chi connectivity index (χ2v) is 3.77. The summed E-state index contributed by atoms with van der Waals surface area (Å²) in [5.41, 5.74) is 0.562. The lowest BCUT2D eigenvalue weighted by molar-refractivity contribution is 0.0775. The van der Waals surface area contributed by atoms with Crippen molar-refractivity contribution < 1.29 is 13.9 Å². The van der Waals surface area contributed by atoms with Crippen molar-refractivity contribution in [3.8, 4) is 0 Å². The first-order valence-corrected chi connectivity index (χ1v) is 5.16. The Hall–Kier alpha value is -1.22. The highest BCUT2D eigenvalue weighted by molar-refractivity contribution is 5.96. The maximum absolute atomic E-state index is 12.6. The number of rotatable bonds is 3. The molecule has 0 N–H and O–H groups in total. The van der Waals surface area contributed by atoms with E-state index in [1.807, 2.05) is 0 Å². The molecular formula is C12H13FO2. The molecule has 2 nitrogen and oxygen atoms in total. The minimum atomic E-state index is -0.316. The predicted octanol–water partition coefficient (Wildman–Crippen LogP) is 2.58. The molecule has 1 aromatic rings. The van der Waals surface area contributed by atoms with Gasteiger partial charge < -0.3 is 4.74 Å². The SMILES string of the molecule is O=C(CC1CCCO1)c1ccc(F)cc1. The van der Waals surface area contributed by atoms with Crippen LogP contribution in [0.4, 0.5) is 4.39 Å². The molecule has 0 amide bonds. The number of carbonyl (C=O) groups is 1. The fourth-order valence-electron chi connectivity index (χ4n) is 1.77. The molecule has 1 aliphatic rings. The van der Waals surface area contributed by atoms with Gasteiger partial charge in [-0.3, -0.25) is 4.79 Å². The Bertz CT molecular complexity index is 339. The topological polar surface area (TPSA) is 26.3 Å². The summed E-state index contributed by atoms with van der Waals surface area (Å²) in [7, 11) is 0. The van der Waals surface area contributed by atoms with Gasteiger partial charge in [-0.2, -0.15) is 0 Å². The van der Waals surface area contributed by atoms with Gasteiger partial charge in [0.1, 0.15) is 5.82 Å². The smallest absolute Gasteiger partial charge is 0.165 e. The fourth-order valence-corrected chi connectivity index (χ4v) is 1.77. The van der Waals surface area contributed by atoms with Crippen LogP contribution in [-0.4, -0.2) is 18.5 Å². The minimum absolute atomic E-state index is 0.0295. The number of benzene rings is 1. The van der Waals surface area contributed by atoms with Crippen LogP contribution in [0.2, 0.25) is 0 Å². The summed E-state index contributed by atoms with van der Waals surface area (Å²) < 4.78 is 18.0. The van der Waals surface area contributed by atoms with E-state index < -0.39 is 0 Å². The van der Waals surface area contributed by atoms with Gasteiger partial charge >= 0.3 is 0 Å². The summed E-state index contributed by atoms with van der Waals surface area (Å²) in [6.45, 7) is 0.751. The Morgan fingerprint density at radius 1 is 1.40 bits per heavy atom. The summed E-state index contributed by atoms with van der Waals surface area (Å²) in [4.78, 5) is 11.7. The number of ether oxygens (including phenoxy) is 1. The molecule has 2 rings (SSSR count). The highest BCUT2D eigenvalue weighted by atomic mass is 19.1. The van der Waals surface area contributed by atoms with Gasteiger partial charge in [0, 0.05) is 18.6 Å². The molecule has 0 bridgehead atoms. The second-order valence-electron chi connectivity index (χ2n) is 3.77. The van der Waals surface area contributed by atoms with Crippen molar-refractivity contribution in [2.75, 3.05) is 6.61 Å². The third-order valence-electron chi connectivity index (χ3n) is 2.60. The number of hydrogen-bond donors (Lipinski definition) is 0. The van der Waals surface area contributed by atoms with Crippen molar-refractivity contribution in [1.29, 1.82) is 0 Å². The van der Waals surface area contributed by atoms with E-state index in [0.717, 1.165) is 19.4 Å². The molecule has 1 fully saturated rings. The van der Waals surface area contributed by atoms with Gasteiger partial charge in [-0.15, -0.1) is 0 Å². The lowest BCUT2D eigenvalue weighted by atomic mass is 10.0. The molecule has 0 aromatic heterocycles.